The van der Waals surface area contributed by atoms with Crippen molar-refractivity contribution in [1.82, 2.24) is 4.98 Å². The first-order chi connectivity index (χ1) is 7.79. The van der Waals surface area contributed by atoms with Gasteiger partial charge in [-0.2, -0.15) is 18.4 Å². The van der Waals surface area contributed by atoms with Gasteiger partial charge in [-0.15, -0.1) is 0 Å². The van der Waals surface area contributed by atoms with Gasteiger partial charge in [-0.25, -0.2) is 8.78 Å². The van der Waals surface area contributed by atoms with E-state index in [1.807, 2.05) is 0 Å². The van der Waals surface area contributed by atoms with Gasteiger partial charge >= 0.3 is 6.18 Å². The number of halogens is 6. The first-order valence-corrected chi connectivity index (χ1v) is 4.98. The van der Waals surface area contributed by atoms with Crippen LogP contribution in [0.1, 0.15) is 23.2 Å². The van der Waals surface area contributed by atoms with Crippen LogP contribution in [0.5, 0.6) is 0 Å². The van der Waals surface area contributed by atoms with Gasteiger partial charge in [0.25, 0.3) is 6.43 Å². The van der Waals surface area contributed by atoms with Crippen molar-refractivity contribution in [1.29, 1.82) is 5.26 Å². The molecule has 0 aliphatic heterocycles. The molecule has 0 bridgehead atoms. The Balaban J connectivity index is 3.46. The Hall–Kier alpha value is -1.23. The largest absolute Gasteiger partial charge is 0.418 e. The maximum Gasteiger partial charge on any atom is 0.418 e. The predicted molar refractivity (Wildman–Crippen MR) is 51.2 cm³/mol. The zero-order valence-electron chi connectivity index (χ0n) is 8.02. The first kappa shape index (κ1) is 13.8. The molecule has 0 atom stereocenters. The van der Waals surface area contributed by atoms with Crippen LogP contribution in [0.2, 0.25) is 0 Å². The van der Waals surface area contributed by atoms with Gasteiger partial charge in [-0.05, 0) is 15.9 Å². The molecule has 2 nitrogen and oxygen atoms in total. The Labute approximate surface area is 101 Å². The molecule has 0 fully saturated rings. The monoisotopic (exact) mass is 314 g/mol. The Bertz CT molecular complexity index is 464. The van der Waals surface area contributed by atoms with Crippen molar-refractivity contribution in [3.05, 3.63) is 27.5 Å². The minimum atomic E-state index is -4.91. The van der Waals surface area contributed by atoms with E-state index < -0.39 is 28.2 Å². The number of hydrogen-bond acceptors (Lipinski definition) is 2. The van der Waals surface area contributed by atoms with Crippen LogP contribution in [-0.4, -0.2) is 4.98 Å². The van der Waals surface area contributed by atoms with E-state index in [1.54, 1.807) is 6.07 Å². The van der Waals surface area contributed by atoms with Gasteiger partial charge in [-0.1, -0.05) is 0 Å². The molecule has 0 radical (unpaired) electrons. The fourth-order valence-corrected chi connectivity index (χ4v) is 1.81. The summed E-state index contributed by atoms with van der Waals surface area (Å²) in [6.45, 7) is 0. The third-order valence-electron chi connectivity index (χ3n) is 1.90. The number of aromatic nitrogens is 1. The highest BCUT2D eigenvalue weighted by atomic mass is 79.9. The summed E-state index contributed by atoms with van der Waals surface area (Å²) in [5.74, 6) is 0. The van der Waals surface area contributed by atoms with E-state index in [0.29, 0.717) is 6.20 Å². The molecule has 0 spiro atoms. The molecule has 0 aromatic carbocycles. The number of pyridine rings is 1. The third-order valence-corrected chi connectivity index (χ3v) is 2.78. The lowest BCUT2D eigenvalue weighted by molar-refractivity contribution is -0.139. The molecule has 1 aromatic rings. The molecule has 0 aliphatic rings. The smallest absolute Gasteiger partial charge is 0.258 e. The first-order valence-electron chi connectivity index (χ1n) is 4.18. The van der Waals surface area contributed by atoms with E-state index in [2.05, 4.69) is 20.9 Å². The van der Waals surface area contributed by atoms with Crippen LogP contribution >= 0.6 is 15.9 Å². The highest BCUT2D eigenvalue weighted by molar-refractivity contribution is 9.10. The molecule has 0 amide bonds. The van der Waals surface area contributed by atoms with Crippen molar-refractivity contribution < 1.29 is 22.0 Å². The van der Waals surface area contributed by atoms with Crippen molar-refractivity contribution in [2.75, 3.05) is 0 Å². The van der Waals surface area contributed by atoms with Crippen LogP contribution in [0, 0.1) is 11.3 Å². The Morgan fingerprint density at radius 2 is 2.00 bits per heavy atom. The van der Waals surface area contributed by atoms with Crippen LogP contribution in [0.4, 0.5) is 22.0 Å². The average molecular weight is 315 g/mol. The molecule has 1 heterocycles. The van der Waals surface area contributed by atoms with Gasteiger partial charge in [0.05, 0.1) is 23.7 Å². The van der Waals surface area contributed by atoms with Gasteiger partial charge in [0, 0.05) is 16.2 Å². The quantitative estimate of drug-likeness (QED) is 0.777. The summed E-state index contributed by atoms with van der Waals surface area (Å²) >= 11 is 2.63. The SMILES string of the molecule is N#CCc1ncc(C(F)(F)F)c(C(F)F)c1Br. The van der Waals surface area contributed by atoms with Crippen molar-refractivity contribution in [2.45, 2.75) is 19.0 Å². The average Bonchev–Trinajstić information content (AvgIpc) is 2.18. The molecule has 17 heavy (non-hydrogen) atoms. The zero-order valence-corrected chi connectivity index (χ0v) is 9.61. The van der Waals surface area contributed by atoms with Crippen LogP contribution < -0.4 is 0 Å². The molecule has 1 rings (SSSR count). The third kappa shape index (κ3) is 2.91. The molecule has 0 saturated carbocycles. The summed E-state index contributed by atoms with van der Waals surface area (Å²) in [7, 11) is 0. The molecule has 0 unspecified atom stereocenters. The van der Waals surface area contributed by atoms with E-state index in [1.165, 1.54) is 0 Å². The molecule has 0 saturated heterocycles. The summed E-state index contributed by atoms with van der Waals surface area (Å²) in [6, 6.07) is 1.63. The Morgan fingerprint density at radius 1 is 1.41 bits per heavy atom. The summed E-state index contributed by atoms with van der Waals surface area (Å²) < 4.78 is 62.1. The second kappa shape index (κ2) is 4.96. The highest BCUT2D eigenvalue weighted by Gasteiger charge is 2.38. The van der Waals surface area contributed by atoms with Gasteiger partial charge in [0.2, 0.25) is 0 Å². The number of alkyl halides is 5. The second-order valence-corrected chi connectivity index (χ2v) is 3.77. The van der Waals surface area contributed by atoms with Crippen LogP contribution in [0.3, 0.4) is 0 Å². The van der Waals surface area contributed by atoms with Crippen LogP contribution in [0.15, 0.2) is 10.7 Å². The lowest BCUT2D eigenvalue weighted by Crippen LogP contribution is -2.12. The Morgan fingerprint density at radius 3 is 2.41 bits per heavy atom. The number of nitriles is 1. The van der Waals surface area contributed by atoms with Gasteiger partial charge in [0.15, 0.2) is 0 Å². The molecule has 0 aliphatic carbocycles. The van der Waals surface area contributed by atoms with Crippen LogP contribution in [-0.2, 0) is 12.6 Å². The van der Waals surface area contributed by atoms with Gasteiger partial charge in [0.1, 0.15) is 0 Å². The van der Waals surface area contributed by atoms with E-state index in [-0.39, 0.29) is 12.1 Å². The summed E-state index contributed by atoms with van der Waals surface area (Å²) in [5, 5.41) is 8.38. The maximum absolute atomic E-state index is 12.6. The predicted octanol–water partition coefficient (Wildman–Crippen LogP) is 3.87. The number of hydrogen-bond donors (Lipinski definition) is 0. The summed E-state index contributed by atoms with van der Waals surface area (Å²) in [5.41, 5.74) is -2.82. The van der Waals surface area contributed by atoms with E-state index in [9.17, 15) is 22.0 Å². The minimum Gasteiger partial charge on any atom is -0.258 e. The summed E-state index contributed by atoms with van der Waals surface area (Å²) in [4.78, 5) is 3.35. The normalized spacial score (nSPS) is 11.6. The van der Waals surface area contributed by atoms with E-state index in [0.717, 1.165) is 0 Å². The topological polar surface area (TPSA) is 36.7 Å². The second-order valence-electron chi connectivity index (χ2n) is 2.98. The van der Waals surface area contributed by atoms with Crippen LogP contribution in [0.25, 0.3) is 0 Å². The van der Waals surface area contributed by atoms with E-state index in [4.69, 9.17) is 5.26 Å². The highest BCUT2D eigenvalue weighted by Crippen LogP contribution is 2.40. The minimum absolute atomic E-state index is 0.143. The fourth-order valence-electron chi connectivity index (χ4n) is 1.18. The molecule has 92 valence electrons. The summed E-state index contributed by atoms with van der Waals surface area (Å²) in [6.07, 6.45) is -8.24. The fraction of sp³-hybridized carbons (Fsp3) is 0.333. The molecular formula is C9H4BrF5N2. The Kier molecular flexibility index (Phi) is 4.03. The molecular weight excluding hydrogens is 311 g/mol. The van der Waals surface area contributed by atoms with Gasteiger partial charge in [-0.3, -0.25) is 4.98 Å². The van der Waals surface area contributed by atoms with Crippen molar-refractivity contribution in [3.63, 3.8) is 0 Å². The number of nitrogens with zero attached hydrogens (tertiary/aromatic N) is 2. The maximum atomic E-state index is 12.6. The lowest BCUT2D eigenvalue weighted by atomic mass is 10.1. The molecule has 1 aromatic heterocycles. The molecule has 8 heteroatoms. The van der Waals surface area contributed by atoms with Crippen molar-refractivity contribution in [3.8, 4) is 6.07 Å². The van der Waals surface area contributed by atoms with Crippen molar-refractivity contribution >= 4 is 15.9 Å². The standard InChI is InChI=1S/C9H4BrF5N2/c10-7-5(1-2-16)17-3-4(9(13,14)15)6(7)8(11)12/h3,8H,1H2. The molecule has 0 N–H and O–H groups in total. The lowest BCUT2D eigenvalue weighted by Gasteiger charge is -2.14. The van der Waals surface area contributed by atoms with Crippen molar-refractivity contribution in [2.24, 2.45) is 0 Å². The number of rotatable bonds is 2. The zero-order chi connectivity index (χ0) is 13.2. The van der Waals surface area contributed by atoms with Gasteiger partial charge < -0.3 is 0 Å². The van der Waals surface area contributed by atoms with E-state index >= 15 is 0 Å².